The van der Waals surface area contributed by atoms with Crippen LogP contribution in [-0.2, 0) is 0 Å². The third kappa shape index (κ3) is 2.14. The Morgan fingerprint density at radius 3 is 2.50 bits per heavy atom. The van der Waals surface area contributed by atoms with Gasteiger partial charge in [-0.05, 0) is 31.6 Å². The molecule has 0 aromatic heterocycles. The predicted molar refractivity (Wildman–Crippen MR) is 59.8 cm³/mol. The van der Waals surface area contributed by atoms with Crippen molar-refractivity contribution < 1.29 is 0 Å². The Morgan fingerprint density at radius 1 is 1.07 bits per heavy atom. The first kappa shape index (κ1) is 8.84. The molecule has 0 aliphatic heterocycles. The van der Waals surface area contributed by atoms with Crippen molar-refractivity contribution in [1.29, 1.82) is 0 Å². The van der Waals surface area contributed by atoms with Gasteiger partial charge >= 0.3 is 0 Å². The lowest BCUT2D eigenvalue weighted by Crippen LogP contribution is -1.72. The number of allylic oxidation sites excluding steroid dienone is 4. The van der Waals surface area contributed by atoms with Crippen LogP contribution < -0.4 is 0 Å². The molecule has 1 aromatic rings. The minimum atomic E-state index is 1.05. The van der Waals surface area contributed by atoms with E-state index < -0.39 is 0 Å². The molecule has 0 saturated heterocycles. The maximum absolute atomic E-state index is 3.16. The van der Waals surface area contributed by atoms with Crippen LogP contribution in [0, 0.1) is 11.8 Å². The predicted octanol–water partition coefficient (Wildman–Crippen LogP) is 3.31. The molecule has 0 N–H and O–H groups in total. The number of hydrogen-bond acceptors (Lipinski definition) is 0. The van der Waals surface area contributed by atoms with E-state index in [1.165, 1.54) is 5.57 Å². The summed E-state index contributed by atoms with van der Waals surface area (Å²) in [5, 5.41) is 0. The minimum absolute atomic E-state index is 1.05. The van der Waals surface area contributed by atoms with Crippen LogP contribution in [0.3, 0.4) is 0 Å². The largest absolute Gasteiger partial charge is 0.0683 e. The summed E-state index contributed by atoms with van der Waals surface area (Å²) in [6.07, 6.45) is 5.38. The van der Waals surface area contributed by atoms with E-state index in [-0.39, 0.29) is 0 Å². The molecule has 0 heteroatoms. The van der Waals surface area contributed by atoms with Gasteiger partial charge in [-0.3, -0.25) is 0 Å². The second kappa shape index (κ2) is 3.98. The number of rotatable bonds is 0. The Bertz CT molecular complexity index is 436. The topological polar surface area (TPSA) is 0 Å². The molecular formula is C14H12. The van der Waals surface area contributed by atoms with Gasteiger partial charge in [0.1, 0.15) is 0 Å². The van der Waals surface area contributed by atoms with E-state index in [4.69, 9.17) is 0 Å². The first-order valence-electron chi connectivity index (χ1n) is 4.79. The Morgan fingerprint density at radius 2 is 1.86 bits per heavy atom. The maximum atomic E-state index is 3.16. The molecule has 68 valence electrons. The lowest BCUT2D eigenvalue weighted by Gasteiger charge is -1.86. The highest BCUT2D eigenvalue weighted by atomic mass is 14.0. The van der Waals surface area contributed by atoms with Crippen molar-refractivity contribution in [1.82, 2.24) is 0 Å². The normalized spacial score (nSPS) is 14.1. The molecule has 0 unspecified atom stereocenters. The van der Waals surface area contributed by atoms with Gasteiger partial charge in [-0.15, -0.1) is 0 Å². The molecule has 0 fully saturated rings. The van der Waals surface area contributed by atoms with Crippen molar-refractivity contribution in [2.45, 2.75) is 13.3 Å². The maximum Gasteiger partial charge on any atom is 0.0249 e. The van der Waals surface area contributed by atoms with Gasteiger partial charge in [0.05, 0.1) is 0 Å². The standard InChI is InChI=1S/C14H12/c1-12-7-8-14(11-12)10-9-13-5-3-2-4-6-13/h2-6,8,11H,7H2,1H3. The third-order valence-electron chi connectivity index (χ3n) is 2.17. The van der Waals surface area contributed by atoms with Gasteiger partial charge in [-0.25, -0.2) is 0 Å². The van der Waals surface area contributed by atoms with Gasteiger partial charge in [0, 0.05) is 11.1 Å². The van der Waals surface area contributed by atoms with Gasteiger partial charge in [0.2, 0.25) is 0 Å². The number of hydrogen-bond donors (Lipinski definition) is 0. The molecule has 14 heavy (non-hydrogen) atoms. The van der Waals surface area contributed by atoms with E-state index >= 15 is 0 Å². The molecule has 1 aromatic carbocycles. The van der Waals surface area contributed by atoms with Crippen molar-refractivity contribution in [2.24, 2.45) is 0 Å². The van der Waals surface area contributed by atoms with Crippen LogP contribution in [0.5, 0.6) is 0 Å². The second-order valence-electron chi connectivity index (χ2n) is 3.47. The minimum Gasteiger partial charge on any atom is -0.0683 e. The van der Waals surface area contributed by atoms with Crippen LogP contribution in [0.2, 0.25) is 0 Å². The van der Waals surface area contributed by atoms with Crippen LogP contribution in [0.1, 0.15) is 18.9 Å². The van der Waals surface area contributed by atoms with Gasteiger partial charge in [-0.2, -0.15) is 0 Å². The highest BCUT2D eigenvalue weighted by Crippen LogP contribution is 2.15. The molecule has 0 radical (unpaired) electrons. The Hall–Kier alpha value is -1.74. The van der Waals surface area contributed by atoms with Crippen LogP contribution in [0.25, 0.3) is 0 Å². The summed E-state index contributed by atoms with van der Waals surface area (Å²) in [6.45, 7) is 2.13. The smallest absolute Gasteiger partial charge is 0.0249 e. The zero-order chi connectivity index (χ0) is 9.80. The highest BCUT2D eigenvalue weighted by molar-refractivity contribution is 5.48. The second-order valence-corrected chi connectivity index (χ2v) is 3.47. The van der Waals surface area contributed by atoms with Crippen molar-refractivity contribution in [3.63, 3.8) is 0 Å². The van der Waals surface area contributed by atoms with Gasteiger partial charge in [-0.1, -0.05) is 41.7 Å². The molecule has 0 amide bonds. The van der Waals surface area contributed by atoms with E-state index in [2.05, 4.69) is 30.9 Å². The van der Waals surface area contributed by atoms with Gasteiger partial charge in [0.15, 0.2) is 0 Å². The van der Waals surface area contributed by atoms with Crippen molar-refractivity contribution >= 4 is 0 Å². The first-order chi connectivity index (χ1) is 6.84. The molecule has 1 aliphatic carbocycles. The fourth-order valence-electron chi connectivity index (χ4n) is 1.41. The van der Waals surface area contributed by atoms with Crippen molar-refractivity contribution in [2.75, 3.05) is 0 Å². The fourth-order valence-corrected chi connectivity index (χ4v) is 1.41. The molecule has 2 rings (SSSR count). The average Bonchev–Trinajstić information content (AvgIpc) is 2.63. The van der Waals surface area contributed by atoms with E-state index in [9.17, 15) is 0 Å². The van der Waals surface area contributed by atoms with Crippen LogP contribution in [0.15, 0.2) is 53.6 Å². The van der Waals surface area contributed by atoms with E-state index in [1.807, 2.05) is 30.3 Å². The lowest BCUT2D eigenvalue weighted by atomic mass is 10.2. The monoisotopic (exact) mass is 180 g/mol. The molecule has 1 aliphatic rings. The van der Waals surface area contributed by atoms with E-state index in [0.717, 1.165) is 17.6 Å². The van der Waals surface area contributed by atoms with E-state index in [1.54, 1.807) is 0 Å². The van der Waals surface area contributed by atoms with Crippen LogP contribution in [-0.4, -0.2) is 0 Å². The van der Waals surface area contributed by atoms with Gasteiger partial charge < -0.3 is 0 Å². The SMILES string of the molecule is CC1=CC(C#Cc2ccccc2)=CC1. The summed E-state index contributed by atoms with van der Waals surface area (Å²) in [5.41, 5.74) is 3.61. The summed E-state index contributed by atoms with van der Waals surface area (Å²) in [5.74, 6) is 6.31. The molecule has 0 heterocycles. The molecule has 0 nitrogen and oxygen atoms in total. The van der Waals surface area contributed by atoms with Crippen LogP contribution >= 0.6 is 0 Å². The van der Waals surface area contributed by atoms with Crippen molar-refractivity contribution in [3.05, 3.63) is 59.2 Å². The highest BCUT2D eigenvalue weighted by Gasteiger charge is 1.98. The summed E-state index contributed by atoms with van der Waals surface area (Å²) in [7, 11) is 0. The van der Waals surface area contributed by atoms with E-state index in [0.29, 0.717) is 0 Å². The Labute approximate surface area is 85.0 Å². The summed E-state index contributed by atoms with van der Waals surface area (Å²) in [4.78, 5) is 0. The molecule has 0 spiro atoms. The molecule has 0 atom stereocenters. The fraction of sp³-hybridized carbons (Fsp3) is 0.143. The summed E-state index contributed by atoms with van der Waals surface area (Å²) in [6, 6.07) is 10.1. The zero-order valence-electron chi connectivity index (χ0n) is 8.25. The Balaban J connectivity index is 2.16. The average molecular weight is 180 g/mol. The van der Waals surface area contributed by atoms with Crippen molar-refractivity contribution in [3.8, 4) is 11.8 Å². The summed E-state index contributed by atoms with van der Waals surface area (Å²) < 4.78 is 0. The zero-order valence-corrected chi connectivity index (χ0v) is 8.25. The molecular weight excluding hydrogens is 168 g/mol. The molecule has 0 saturated carbocycles. The number of benzene rings is 1. The van der Waals surface area contributed by atoms with Gasteiger partial charge in [0.25, 0.3) is 0 Å². The third-order valence-corrected chi connectivity index (χ3v) is 2.17. The lowest BCUT2D eigenvalue weighted by molar-refractivity contribution is 1.25. The van der Waals surface area contributed by atoms with Crippen LogP contribution in [0.4, 0.5) is 0 Å². The quantitative estimate of drug-likeness (QED) is 0.537. The first-order valence-corrected chi connectivity index (χ1v) is 4.79. The Kier molecular flexibility index (Phi) is 2.51. The molecule has 0 bridgehead atoms. The summed E-state index contributed by atoms with van der Waals surface area (Å²) >= 11 is 0.